The Hall–Kier alpha value is -4.92. The number of fused-ring (bicyclic) bond motifs is 1. The Morgan fingerprint density at radius 3 is 2.22 bits per heavy atom. The number of hydrogen-bond donors (Lipinski definition) is 6. The van der Waals surface area contributed by atoms with E-state index in [1.54, 1.807) is 24.3 Å². The average molecular weight is 791 g/mol. The fourth-order valence-corrected chi connectivity index (χ4v) is 8.95. The number of sulfonamides is 1. The number of para-hydroxylation sites is 1. The number of nitrogens with zero attached hydrogens (tertiary/aromatic N) is 1. The molecular weight excluding hydrogens is 741 g/mol. The lowest BCUT2D eigenvalue weighted by atomic mass is 9.87. The molecule has 4 aromatic carbocycles. The number of thioether (sulfide) groups is 1. The summed E-state index contributed by atoms with van der Waals surface area (Å²) in [5.74, 6) is -2.10. The predicted octanol–water partition coefficient (Wildman–Crippen LogP) is 6.74. The smallest absolute Gasteiger partial charge is 0.258 e. The van der Waals surface area contributed by atoms with Gasteiger partial charge in [0.25, 0.3) is 11.8 Å². The van der Waals surface area contributed by atoms with Crippen LogP contribution in [0.2, 0.25) is 0 Å². The zero-order valence-corrected chi connectivity index (χ0v) is 33.1. The number of nitrogens with one attached hydrogen (secondary N) is 3. The van der Waals surface area contributed by atoms with Crippen LogP contribution in [-0.2, 0) is 27.8 Å². The number of unbranched alkanes of at least 4 members (excludes halogenated alkanes) is 2. The first-order valence-corrected chi connectivity index (χ1v) is 21.2. The number of aromatic hydroxyl groups is 3. The molecule has 0 aromatic heterocycles. The van der Waals surface area contributed by atoms with Gasteiger partial charge in [0.05, 0.1) is 16.1 Å². The third-order valence-electron chi connectivity index (χ3n) is 9.65. The summed E-state index contributed by atoms with van der Waals surface area (Å²) in [6.07, 6.45) is 7.16. The molecule has 0 radical (unpaired) electrons. The maximum absolute atomic E-state index is 14.3. The minimum Gasteiger partial charge on any atom is -0.504 e. The molecule has 0 fully saturated rings. The Kier molecular flexibility index (Phi) is 14.0. The summed E-state index contributed by atoms with van der Waals surface area (Å²) in [4.78, 5) is 29.1. The van der Waals surface area contributed by atoms with Crippen molar-refractivity contribution in [1.82, 2.24) is 15.4 Å². The van der Waals surface area contributed by atoms with Crippen LogP contribution >= 0.6 is 11.8 Å². The number of carbonyl (C=O) groups excluding carboxylic acids is 2. The molecule has 14 heteroatoms. The summed E-state index contributed by atoms with van der Waals surface area (Å²) in [6, 6.07) is 22.6. The molecule has 0 spiro atoms. The fraction of sp³-hybridized carbons (Fsp3) is 0.366. The molecule has 1 aliphatic heterocycles. The van der Waals surface area contributed by atoms with E-state index in [4.69, 9.17) is 4.74 Å². The molecule has 4 aromatic rings. The van der Waals surface area contributed by atoms with Crippen LogP contribution in [0.5, 0.6) is 23.0 Å². The van der Waals surface area contributed by atoms with Crippen LogP contribution < -0.4 is 25.0 Å². The normalized spacial score (nSPS) is 14.4. The van der Waals surface area contributed by atoms with Crippen LogP contribution in [-0.4, -0.2) is 67.0 Å². The van der Waals surface area contributed by atoms with E-state index in [9.17, 15) is 33.3 Å². The molecule has 0 unspecified atom stereocenters. The van der Waals surface area contributed by atoms with Gasteiger partial charge in [-0.05, 0) is 73.0 Å². The largest absolute Gasteiger partial charge is 0.504 e. The van der Waals surface area contributed by atoms with E-state index >= 15 is 0 Å². The molecule has 1 aliphatic rings. The van der Waals surface area contributed by atoms with E-state index in [0.29, 0.717) is 46.7 Å². The lowest BCUT2D eigenvalue weighted by Crippen LogP contribution is -2.53. The first kappa shape index (κ1) is 41.2. The molecule has 0 saturated heterocycles. The Morgan fingerprint density at radius 1 is 0.909 bits per heavy atom. The standard InChI is InChI=1S/C41H50N4O8S2/c1-4-6-18-41(19-7-5-2)27-45(30-14-9-8-10-15-30)32-23-36(54-3)35(24-37(32)55(51,52)44-41)53-26-38(48)43-25-29-13-11-12-16-31(29)40(50)42-20-17-28-21-33(46)39(49)34(47)22-28/h8-16,21-24,44,46-47,49H,4-7,17-20,25-27H2,1-3H3,(H,42,50)(H,43,48). The number of hydrogen-bond acceptors (Lipinski definition) is 10. The maximum atomic E-state index is 14.3. The Bertz CT molecular complexity index is 2050. The Morgan fingerprint density at radius 2 is 1.56 bits per heavy atom. The molecule has 1 heterocycles. The quantitative estimate of drug-likeness (QED) is 0.0496. The van der Waals surface area contributed by atoms with Crippen molar-refractivity contribution in [2.75, 3.05) is 30.9 Å². The lowest BCUT2D eigenvalue weighted by Gasteiger charge is -2.37. The molecule has 0 saturated carbocycles. The van der Waals surface area contributed by atoms with E-state index in [1.165, 1.54) is 30.0 Å². The third kappa shape index (κ3) is 10.2. The molecule has 0 bridgehead atoms. The van der Waals surface area contributed by atoms with Gasteiger partial charge in [-0.15, -0.1) is 11.8 Å². The van der Waals surface area contributed by atoms with Gasteiger partial charge in [-0.3, -0.25) is 9.59 Å². The summed E-state index contributed by atoms with van der Waals surface area (Å²) in [5, 5.41) is 34.7. The fourth-order valence-electron chi connectivity index (χ4n) is 6.75. The highest BCUT2D eigenvalue weighted by Crippen LogP contribution is 2.44. The van der Waals surface area contributed by atoms with Crippen LogP contribution in [0.25, 0.3) is 0 Å². The van der Waals surface area contributed by atoms with Crippen LogP contribution in [0.15, 0.2) is 88.7 Å². The summed E-state index contributed by atoms with van der Waals surface area (Å²) >= 11 is 1.40. The van der Waals surface area contributed by atoms with Crippen molar-refractivity contribution < 1.29 is 38.1 Å². The van der Waals surface area contributed by atoms with Crippen molar-refractivity contribution in [3.05, 3.63) is 95.6 Å². The zero-order valence-electron chi connectivity index (χ0n) is 31.4. The molecule has 294 valence electrons. The number of benzene rings is 4. The lowest BCUT2D eigenvalue weighted by molar-refractivity contribution is -0.123. The molecule has 0 aliphatic carbocycles. The number of ether oxygens (including phenoxy) is 1. The number of anilines is 2. The molecule has 5 rings (SSSR count). The van der Waals surface area contributed by atoms with Gasteiger partial charge in [0, 0.05) is 37.0 Å². The number of carbonyl (C=O) groups is 2. The zero-order chi connectivity index (χ0) is 39.6. The van der Waals surface area contributed by atoms with Crippen molar-refractivity contribution in [1.29, 1.82) is 0 Å². The first-order chi connectivity index (χ1) is 26.4. The van der Waals surface area contributed by atoms with Crippen molar-refractivity contribution in [3.63, 3.8) is 0 Å². The van der Waals surface area contributed by atoms with E-state index in [1.807, 2.05) is 42.7 Å². The second kappa shape index (κ2) is 18.6. The molecule has 0 atom stereocenters. The second-order valence-corrected chi connectivity index (χ2v) is 16.2. The van der Waals surface area contributed by atoms with Gasteiger partial charge in [-0.1, -0.05) is 75.9 Å². The van der Waals surface area contributed by atoms with Gasteiger partial charge >= 0.3 is 0 Å². The van der Waals surface area contributed by atoms with Crippen LogP contribution in [0, 0.1) is 0 Å². The molecule has 2 amide bonds. The van der Waals surface area contributed by atoms with Crippen molar-refractivity contribution in [2.45, 2.75) is 80.7 Å². The van der Waals surface area contributed by atoms with Crippen molar-refractivity contribution in [3.8, 4) is 23.0 Å². The average Bonchev–Trinajstić information content (AvgIpc) is 3.27. The van der Waals surface area contributed by atoms with E-state index in [2.05, 4.69) is 34.1 Å². The molecule has 6 N–H and O–H groups in total. The molecule has 12 nitrogen and oxygen atoms in total. The summed E-state index contributed by atoms with van der Waals surface area (Å²) in [7, 11) is -4.01. The van der Waals surface area contributed by atoms with Crippen molar-refractivity contribution in [2.24, 2.45) is 0 Å². The highest BCUT2D eigenvalue weighted by Gasteiger charge is 2.42. The molecular formula is C41H50N4O8S2. The Balaban J connectivity index is 1.31. The van der Waals surface area contributed by atoms with Crippen LogP contribution in [0.3, 0.4) is 0 Å². The third-order valence-corrected chi connectivity index (χ3v) is 12.0. The van der Waals surface area contributed by atoms with Gasteiger partial charge < -0.3 is 35.6 Å². The number of phenolic OH excluding ortho intramolecular Hbond substituents is 3. The SMILES string of the molecule is CCCCC1(CCCC)CN(c2ccccc2)c2cc(SC)c(OCC(=O)NCc3ccccc3C(=O)NCCc3cc(O)c(O)c(O)c3)cc2S(=O)(=O)N1. The number of rotatable bonds is 17. The summed E-state index contributed by atoms with van der Waals surface area (Å²) < 4.78 is 37.7. The van der Waals surface area contributed by atoms with E-state index in [-0.39, 0.29) is 42.7 Å². The number of phenols is 3. The van der Waals surface area contributed by atoms with Gasteiger partial charge in [-0.2, -0.15) is 0 Å². The number of amides is 2. The minimum atomic E-state index is -4.01. The van der Waals surface area contributed by atoms with Gasteiger partial charge in [0.2, 0.25) is 10.0 Å². The summed E-state index contributed by atoms with van der Waals surface area (Å²) in [6.45, 7) is 4.50. The highest BCUT2D eigenvalue weighted by molar-refractivity contribution is 7.98. The minimum absolute atomic E-state index is 0.0347. The van der Waals surface area contributed by atoms with E-state index in [0.717, 1.165) is 31.4 Å². The predicted molar refractivity (Wildman–Crippen MR) is 215 cm³/mol. The van der Waals surface area contributed by atoms with Crippen LogP contribution in [0.1, 0.15) is 73.9 Å². The highest BCUT2D eigenvalue weighted by atomic mass is 32.2. The Labute approximate surface area is 327 Å². The van der Waals surface area contributed by atoms with E-state index < -0.39 is 38.7 Å². The van der Waals surface area contributed by atoms with Gasteiger partial charge in [-0.25, -0.2) is 13.1 Å². The summed E-state index contributed by atoms with van der Waals surface area (Å²) in [5.41, 5.74) is 2.17. The van der Waals surface area contributed by atoms with Gasteiger partial charge in [0.1, 0.15) is 10.6 Å². The second-order valence-electron chi connectivity index (χ2n) is 13.7. The maximum Gasteiger partial charge on any atom is 0.258 e. The van der Waals surface area contributed by atoms with Crippen molar-refractivity contribution >= 4 is 45.0 Å². The first-order valence-electron chi connectivity index (χ1n) is 18.5. The molecule has 55 heavy (non-hydrogen) atoms. The monoisotopic (exact) mass is 790 g/mol. The topological polar surface area (TPSA) is 178 Å². The van der Waals surface area contributed by atoms with Gasteiger partial charge in [0.15, 0.2) is 23.9 Å². The van der Waals surface area contributed by atoms with Crippen LogP contribution in [0.4, 0.5) is 11.4 Å².